The predicted molar refractivity (Wildman–Crippen MR) is 113 cm³/mol. The molecule has 0 aromatic heterocycles. The molecule has 152 valence electrons. The van der Waals surface area contributed by atoms with Gasteiger partial charge in [0, 0.05) is 39.3 Å². The number of nitrogens with zero attached hydrogens (tertiary/aromatic N) is 2. The molecule has 0 unspecified atom stereocenters. The molecule has 1 heterocycles. The van der Waals surface area contributed by atoms with Crippen LogP contribution in [0.1, 0.15) is 24.0 Å². The number of hydrogen-bond acceptors (Lipinski definition) is 3. The molecule has 0 radical (unpaired) electrons. The Labute approximate surface area is 172 Å². The molecular weight excluding hydrogens is 362 g/mol. The summed E-state index contributed by atoms with van der Waals surface area (Å²) in [5.74, 6) is -0.0702. The Morgan fingerprint density at radius 3 is 2.00 bits per heavy atom. The van der Waals surface area contributed by atoms with Crippen molar-refractivity contribution in [1.82, 2.24) is 15.1 Å². The maximum absolute atomic E-state index is 13.1. The van der Waals surface area contributed by atoms with Crippen LogP contribution in [0.2, 0.25) is 0 Å². The molecule has 1 aliphatic carbocycles. The van der Waals surface area contributed by atoms with Gasteiger partial charge >= 0.3 is 0 Å². The van der Waals surface area contributed by atoms with Gasteiger partial charge in [-0.3, -0.25) is 14.5 Å². The molecule has 0 spiro atoms. The molecule has 5 nitrogen and oxygen atoms in total. The number of carbonyl (C=O) groups excluding carboxylic acids is 2. The van der Waals surface area contributed by atoms with Crippen LogP contribution in [0.4, 0.5) is 0 Å². The van der Waals surface area contributed by atoms with Crippen LogP contribution in [0.15, 0.2) is 60.7 Å². The lowest BCUT2D eigenvalue weighted by atomic mass is 10.0. The fourth-order valence-electron chi connectivity index (χ4n) is 4.05. The summed E-state index contributed by atoms with van der Waals surface area (Å²) in [6, 6.07) is 20.5. The Balaban J connectivity index is 1.25. The summed E-state index contributed by atoms with van der Waals surface area (Å²) in [6.45, 7) is 4.59. The van der Waals surface area contributed by atoms with Gasteiger partial charge < -0.3 is 10.2 Å². The summed E-state index contributed by atoms with van der Waals surface area (Å²) in [5.41, 5.74) is 1.68. The number of carbonyl (C=O) groups is 2. The van der Waals surface area contributed by atoms with E-state index >= 15 is 0 Å². The van der Waals surface area contributed by atoms with Gasteiger partial charge in [-0.15, -0.1) is 0 Å². The Bertz CT molecular complexity index is 826. The highest BCUT2D eigenvalue weighted by Gasteiger charge is 2.57. The zero-order chi connectivity index (χ0) is 20.1. The highest BCUT2D eigenvalue weighted by atomic mass is 16.2. The first-order valence-corrected chi connectivity index (χ1v) is 10.6. The van der Waals surface area contributed by atoms with Gasteiger partial charge in [0.05, 0.1) is 0 Å². The average Bonchev–Trinajstić information content (AvgIpc) is 3.57. The summed E-state index contributed by atoms with van der Waals surface area (Å²) in [4.78, 5) is 30.1. The second-order valence-corrected chi connectivity index (χ2v) is 8.13. The highest BCUT2D eigenvalue weighted by molar-refractivity contribution is 6.07. The van der Waals surface area contributed by atoms with Gasteiger partial charge in [-0.2, -0.15) is 0 Å². The van der Waals surface area contributed by atoms with Gasteiger partial charge in [-0.25, -0.2) is 0 Å². The number of rotatable bonds is 7. The van der Waals surface area contributed by atoms with E-state index in [1.807, 2.05) is 29.2 Å². The SMILES string of the molecule is O=C(NCCc1ccccc1)C1(C(=O)N2CCN(Cc3ccccc3)CC2)CC1. The first-order chi connectivity index (χ1) is 14.2. The fraction of sp³-hybridized carbons (Fsp3) is 0.417. The van der Waals surface area contributed by atoms with E-state index in [4.69, 9.17) is 0 Å². The lowest BCUT2D eigenvalue weighted by Gasteiger charge is -2.36. The van der Waals surface area contributed by atoms with Crippen LogP contribution >= 0.6 is 0 Å². The van der Waals surface area contributed by atoms with Crippen LogP contribution in [-0.4, -0.2) is 54.3 Å². The first kappa shape index (κ1) is 19.6. The van der Waals surface area contributed by atoms with Crippen molar-refractivity contribution in [1.29, 1.82) is 0 Å². The third-order valence-corrected chi connectivity index (χ3v) is 6.04. The molecule has 2 aliphatic rings. The van der Waals surface area contributed by atoms with Crippen LogP contribution in [0.25, 0.3) is 0 Å². The predicted octanol–water partition coefficient (Wildman–Crippen LogP) is 2.47. The van der Waals surface area contributed by atoms with Crippen molar-refractivity contribution >= 4 is 11.8 Å². The molecule has 2 aromatic rings. The van der Waals surface area contributed by atoms with Gasteiger partial charge in [0.25, 0.3) is 0 Å². The Hall–Kier alpha value is -2.66. The summed E-state index contributed by atoms with van der Waals surface area (Å²) in [6.07, 6.45) is 2.13. The van der Waals surface area contributed by atoms with E-state index in [0.29, 0.717) is 32.5 Å². The van der Waals surface area contributed by atoms with Crippen molar-refractivity contribution < 1.29 is 9.59 Å². The van der Waals surface area contributed by atoms with Crippen LogP contribution in [-0.2, 0) is 22.6 Å². The molecule has 1 saturated carbocycles. The standard InChI is InChI=1S/C24H29N3O2/c28-22(25-14-11-20-7-3-1-4-8-20)24(12-13-24)23(29)27-17-15-26(16-18-27)19-21-9-5-2-6-10-21/h1-10H,11-19H2,(H,25,28). The molecule has 2 aromatic carbocycles. The van der Waals surface area contributed by atoms with E-state index < -0.39 is 5.41 Å². The van der Waals surface area contributed by atoms with Crippen molar-refractivity contribution in [2.75, 3.05) is 32.7 Å². The second-order valence-electron chi connectivity index (χ2n) is 8.13. The molecule has 0 atom stereocenters. The van der Waals surface area contributed by atoms with Gasteiger partial charge in [-0.1, -0.05) is 60.7 Å². The molecule has 4 rings (SSSR count). The maximum Gasteiger partial charge on any atom is 0.238 e. The fourth-order valence-corrected chi connectivity index (χ4v) is 4.05. The highest BCUT2D eigenvalue weighted by Crippen LogP contribution is 2.47. The maximum atomic E-state index is 13.1. The van der Waals surface area contributed by atoms with Crippen LogP contribution < -0.4 is 5.32 Å². The van der Waals surface area contributed by atoms with E-state index in [1.54, 1.807) is 0 Å². The van der Waals surface area contributed by atoms with Crippen LogP contribution in [0.5, 0.6) is 0 Å². The molecular formula is C24H29N3O2. The van der Waals surface area contributed by atoms with E-state index in [2.05, 4.69) is 46.6 Å². The van der Waals surface area contributed by atoms with Crippen LogP contribution in [0.3, 0.4) is 0 Å². The minimum absolute atomic E-state index is 0.0223. The topological polar surface area (TPSA) is 52.7 Å². The van der Waals surface area contributed by atoms with Gasteiger partial charge in [0.15, 0.2) is 0 Å². The Morgan fingerprint density at radius 1 is 0.828 bits per heavy atom. The third-order valence-electron chi connectivity index (χ3n) is 6.04. The molecule has 1 N–H and O–H groups in total. The van der Waals surface area contributed by atoms with Crippen molar-refractivity contribution in [2.45, 2.75) is 25.8 Å². The third kappa shape index (κ3) is 4.67. The molecule has 2 fully saturated rings. The summed E-state index contributed by atoms with van der Waals surface area (Å²) >= 11 is 0. The molecule has 1 saturated heterocycles. The molecule has 5 heteroatoms. The Kier molecular flexibility index (Phi) is 5.95. The zero-order valence-corrected chi connectivity index (χ0v) is 16.8. The van der Waals surface area contributed by atoms with E-state index in [0.717, 1.165) is 26.1 Å². The summed E-state index contributed by atoms with van der Waals surface area (Å²) < 4.78 is 0. The molecule has 1 aliphatic heterocycles. The van der Waals surface area contributed by atoms with Crippen molar-refractivity contribution in [2.24, 2.45) is 5.41 Å². The first-order valence-electron chi connectivity index (χ1n) is 10.6. The lowest BCUT2D eigenvalue weighted by Crippen LogP contribution is -2.53. The quantitative estimate of drug-likeness (QED) is 0.738. The van der Waals surface area contributed by atoms with Gasteiger partial charge in [0.2, 0.25) is 11.8 Å². The number of piperazine rings is 1. The van der Waals surface area contributed by atoms with Crippen molar-refractivity contribution in [3.05, 3.63) is 71.8 Å². The largest absolute Gasteiger partial charge is 0.355 e. The number of nitrogens with one attached hydrogen (secondary N) is 1. The second kappa shape index (κ2) is 8.78. The molecule has 29 heavy (non-hydrogen) atoms. The zero-order valence-electron chi connectivity index (χ0n) is 16.8. The van der Waals surface area contributed by atoms with Crippen molar-refractivity contribution in [3.63, 3.8) is 0 Å². The minimum atomic E-state index is -0.807. The Morgan fingerprint density at radius 2 is 1.41 bits per heavy atom. The normalized spacial score (nSPS) is 18.3. The minimum Gasteiger partial charge on any atom is -0.355 e. The average molecular weight is 392 g/mol. The molecule has 2 amide bonds. The number of amides is 2. The summed E-state index contributed by atoms with van der Waals surface area (Å²) in [5, 5.41) is 3.00. The van der Waals surface area contributed by atoms with Crippen LogP contribution in [0, 0.1) is 5.41 Å². The lowest BCUT2D eigenvalue weighted by molar-refractivity contribution is -0.145. The van der Waals surface area contributed by atoms with Gasteiger partial charge in [-0.05, 0) is 30.4 Å². The summed E-state index contributed by atoms with van der Waals surface area (Å²) in [7, 11) is 0. The van der Waals surface area contributed by atoms with Crippen molar-refractivity contribution in [3.8, 4) is 0 Å². The van der Waals surface area contributed by atoms with E-state index in [1.165, 1.54) is 11.1 Å². The number of hydrogen-bond donors (Lipinski definition) is 1. The van der Waals surface area contributed by atoms with E-state index in [9.17, 15) is 9.59 Å². The van der Waals surface area contributed by atoms with E-state index in [-0.39, 0.29) is 11.8 Å². The number of benzene rings is 2. The monoisotopic (exact) mass is 391 g/mol. The molecule has 0 bridgehead atoms. The van der Waals surface area contributed by atoms with Gasteiger partial charge in [0.1, 0.15) is 5.41 Å². The smallest absolute Gasteiger partial charge is 0.238 e.